The molecule has 0 fully saturated rings. The number of nitrogens with one attached hydrogen (secondary N) is 3. The number of halogens is 3. The number of nitrogens with zero attached hydrogens (tertiary/aromatic N) is 2. The molecule has 0 saturated carbocycles. The third kappa shape index (κ3) is 8.71. The van der Waals surface area contributed by atoms with Gasteiger partial charge in [0.25, 0.3) is 0 Å². The van der Waals surface area contributed by atoms with E-state index in [0.717, 1.165) is 16.7 Å². The minimum atomic E-state index is -4.41. The van der Waals surface area contributed by atoms with E-state index in [2.05, 4.69) is 25.9 Å². The highest BCUT2D eigenvalue weighted by atomic mass is 32.1. The molecule has 1 heterocycles. The van der Waals surface area contributed by atoms with Gasteiger partial charge in [-0.25, -0.2) is 4.98 Å². The molecule has 10 heteroatoms. The van der Waals surface area contributed by atoms with Crippen molar-refractivity contribution in [3.8, 4) is 0 Å². The smallest absolute Gasteiger partial charge is 0.357 e. The van der Waals surface area contributed by atoms with Crippen molar-refractivity contribution in [3.05, 3.63) is 16.1 Å². The second kappa shape index (κ2) is 10.2. The lowest BCUT2D eigenvalue weighted by Gasteiger charge is -2.12. The van der Waals surface area contributed by atoms with Crippen molar-refractivity contribution in [1.82, 2.24) is 20.9 Å². The number of thiazole rings is 1. The number of alkyl halides is 3. The van der Waals surface area contributed by atoms with Crippen LogP contribution in [0.15, 0.2) is 10.4 Å². The SMILES string of the molecule is CCNC(=NCCc1nc(C(F)(F)F)cs1)NCCC(=O)NC(C)C. The molecule has 0 saturated heterocycles. The fourth-order valence-electron chi connectivity index (χ4n) is 1.85. The van der Waals surface area contributed by atoms with E-state index < -0.39 is 11.9 Å². The first kappa shape index (κ1) is 21.2. The van der Waals surface area contributed by atoms with Gasteiger partial charge in [-0.3, -0.25) is 9.79 Å². The largest absolute Gasteiger partial charge is 0.434 e. The van der Waals surface area contributed by atoms with Crippen molar-refractivity contribution < 1.29 is 18.0 Å². The molecule has 1 amide bonds. The summed E-state index contributed by atoms with van der Waals surface area (Å²) < 4.78 is 37.5. The molecule has 1 aromatic heterocycles. The zero-order chi connectivity index (χ0) is 18.9. The first-order valence-electron chi connectivity index (χ1n) is 8.05. The predicted molar refractivity (Wildman–Crippen MR) is 92.7 cm³/mol. The molecule has 0 radical (unpaired) electrons. The fourth-order valence-corrected chi connectivity index (χ4v) is 2.64. The van der Waals surface area contributed by atoms with Crippen molar-refractivity contribution in [2.45, 2.75) is 45.8 Å². The van der Waals surface area contributed by atoms with Crippen LogP contribution in [0, 0.1) is 0 Å². The Morgan fingerprint density at radius 3 is 2.64 bits per heavy atom. The summed E-state index contributed by atoms with van der Waals surface area (Å²) >= 11 is 0.975. The average molecular weight is 379 g/mol. The van der Waals surface area contributed by atoms with Crippen LogP contribution in [0.25, 0.3) is 0 Å². The van der Waals surface area contributed by atoms with E-state index in [9.17, 15) is 18.0 Å². The molecule has 0 aromatic carbocycles. The van der Waals surface area contributed by atoms with Crippen molar-refractivity contribution in [1.29, 1.82) is 0 Å². The van der Waals surface area contributed by atoms with Gasteiger partial charge in [0, 0.05) is 43.9 Å². The molecular weight excluding hydrogens is 355 g/mol. The molecule has 0 unspecified atom stereocenters. The molecule has 0 aliphatic carbocycles. The molecule has 1 aromatic rings. The maximum absolute atomic E-state index is 12.5. The number of rotatable bonds is 8. The Hall–Kier alpha value is -1.84. The molecule has 142 valence electrons. The molecule has 25 heavy (non-hydrogen) atoms. The van der Waals surface area contributed by atoms with Crippen LogP contribution in [-0.4, -0.2) is 42.5 Å². The number of carbonyl (C=O) groups is 1. The summed E-state index contributed by atoms with van der Waals surface area (Å²) in [5.74, 6) is 0.466. The maximum Gasteiger partial charge on any atom is 0.434 e. The highest BCUT2D eigenvalue weighted by molar-refractivity contribution is 7.09. The molecule has 6 nitrogen and oxygen atoms in total. The summed E-state index contributed by atoms with van der Waals surface area (Å²) in [6.07, 6.45) is -3.78. The number of aromatic nitrogens is 1. The van der Waals surface area contributed by atoms with Gasteiger partial charge in [0.15, 0.2) is 11.7 Å². The number of aliphatic imine (C=N–C) groups is 1. The highest BCUT2D eigenvalue weighted by Crippen LogP contribution is 2.30. The van der Waals surface area contributed by atoms with Gasteiger partial charge in [0.2, 0.25) is 5.91 Å². The number of hydrogen-bond acceptors (Lipinski definition) is 4. The van der Waals surface area contributed by atoms with Gasteiger partial charge in [-0.1, -0.05) is 0 Å². The lowest BCUT2D eigenvalue weighted by Crippen LogP contribution is -2.40. The van der Waals surface area contributed by atoms with E-state index in [-0.39, 0.29) is 11.9 Å². The molecule has 0 aliphatic heterocycles. The van der Waals surface area contributed by atoms with Gasteiger partial charge in [-0.15, -0.1) is 11.3 Å². The first-order valence-corrected chi connectivity index (χ1v) is 8.93. The van der Waals surface area contributed by atoms with E-state index in [1.54, 1.807) is 0 Å². The summed E-state index contributed by atoms with van der Waals surface area (Å²) in [6.45, 7) is 7.04. The summed E-state index contributed by atoms with van der Waals surface area (Å²) in [7, 11) is 0. The lowest BCUT2D eigenvalue weighted by atomic mass is 10.3. The molecule has 0 aliphatic rings. The monoisotopic (exact) mass is 379 g/mol. The van der Waals surface area contributed by atoms with Crippen molar-refractivity contribution in [3.63, 3.8) is 0 Å². The average Bonchev–Trinajstić information content (AvgIpc) is 2.95. The van der Waals surface area contributed by atoms with Crippen molar-refractivity contribution >= 4 is 23.2 Å². The van der Waals surface area contributed by atoms with Gasteiger partial charge >= 0.3 is 6.18 Å². The number of carbonyl (C=O) groups excluding carboxylic acids is 1. The quantitative estimate of drug-likeness (QED) is 0.478. The standard InChI is InChI=1S/C15H24F3N5OS/c1-4-19-14(20-7-5-12(24)22-10(2)3)21-8-6-13-23-11(9-25-13)15(16,17)18/h9-10H,4-8H2,1-3H3,(H,22,24)(H2,19,20,21). The van der Waals surface area contributed by atoms with Gasteiger partial charge in [0.1, 0.15) is 0 Å². The topological polar surface area (TPSA) is 78.4 Å². The molecule has 1 rings (SSSR count). The van der Waals surface area contributed by atoms with Crippen LogP contribution in [0.1, 0.15) is 37.9 Å². The predicted octanol–water partition coefficient (Wildman–Crippen LogP) is 2.17. The lowest BCUT2D eigenvalue weighted by molar-refractivity contribution is -0.140. The van der Waals surface area contributed by atoms with Crippen molar-refractivity contribution in [2.24, 2.45) is 4.99 Å². The van der Waals surface area contributed by atoms with E-state index in [1.807, 2.05) is 20.8 Å². The fraction of sp³-hybridized carbons (Fsp3) is 0.667. The van der Waals surface area contributed by atoms with Crippen LogP contribution in [-0.2, 0) is 17.4 Å². The van der Waals surface area contributed by atoms with Gasteiger partial charge in [-0.2, -0.15) is 13.2 Å². The maximum atomic E-state index is 12.5. The van der Waals surface area contributed by atoms with E-state index >= 15 is 0 Å². The third-order valence-corrected chi connectivity index (χ3v) is 3.78. The highest BCUT2D eigenvalue weighted by Gasteiger charge is 2.33. The molecular formula is C15H24F3N5OS. The van der Waals surface area contributed by atoms with E-state index in [4.69, 9.17) is 0 Å². The van der Waals surface area contributed by atoms with Gasteiger partial charge in [0.05, 0.1) is 5.01 Å². The second-order valence-corrected chi connectivity index (χ2v) is 6.48. The first-order chi connectivity index (χ1) is 11.7. The Morgan fingerprint density at radius 1 is 1.36 bits per heavy atom. The van der Waals surface area contributed by atoms with Crippen LogP contribution in [0.3, 0.4) is 0 Å². The second-order valence-electron chi connectivity index (χ2n) is 5.53. The van der Waals surface area contributed by atoms with Gasteiger partial charge in [-0.05, 0) is 20.8 Å². The normalized spacial score (nSPS) is 12.4. The Labute approximate surface area is 149 Å². The number of guanidine groups is 1. The minimum absolute atomic E-state index is 0.0548. The van der Waals surface area contributed by atoms with Gasteiger partial charge < -0.3 is 16.0 Å². The Kier molecular flexibility index (Phi) is 8.67. The van der Waals surface area contributed by atoms with Crippen molar-refractivity contribution in [2.75, 3.05) is 19.6 Å². The summed E-state index contributed by atoms with van der Waals surface area (Å²) in [4.78, 5) is 19.4. The number of hydrogen-bond donors (Lipinski definition) is 3. The van der Waals surface area contributed by atoms with Crippen LogP contribution in [0.2, 0.25) is 0 Å². The molecule has 0 atom stereocenters. The molecule has 0 spiro atoms. The van der Waals surface area contributed by atoms with Crippen LogP contribution >= 0.6 is 11.3 Å². The Bertz CT molecular complexity index is 572. The van der Waals surface area contributed by atoms with Crippen LogP contribution < -0.4 is 16.0 Å². The Morgan fingerprint density at radius 2 is 2.08 bits per heavy atom. The summed E-state index contributed by atoms with van der Waals surface area (Å²) in [5, 5.41) is 10.2. The zero-order valence-corrected chi connectivity index (χ0v) is 15.4. The number of amides is 1. The summed E-state index contributed by atoms with van der Waals surface area (Å²) in [5.41, 5.74) is -0.863. The third-order valence-electron chi connectivity index (χ3n) is 2.88. The van der Waals surface area contributed by atoms with Crippen LogP contribution in [0.4, 0.5) is 13.2 Å². The molecule has 0 bridgehead atoms. The minimum Gasteiger partial charge on any atom is -0.357 e. The van der Waals surface area contributed by atoms with Crippen LogP contribution in [0.5, 0.6) is 0 Å². The van der Waals surface area contributed by atoms with E-state index in [0.29, 0.717) is 43.4 Å². The van der Waals surface area contributed by atoms with E-state index in [1.165, 1.54) is 0 Å². The zero-order valence-electron chi connectivity index (χ0n) is 14.5. The Balaban J connectivity index is 2.44. The summed E-state index contributed by atoms with van der Waals surface area (Å²) in [6, 6.07) is 0.0919. The molecule has 3 N–H and O–H groups in total.